The quantitative estimate of drug-likeness (QED) is 0.227. The van der Waals surface area contributed by atoms with Gasteiger partial charge in [0.05, 0.1) is 10.6 Å². The lowest BCUT2D eigenvalue weighted by molar-refractivity contribution is -0.139. The first-order chi connectivity index (χ1) is 20.6. The van der Waals surface area contributed by atoms with Gasteiger partial charge in [0, 0.05) is 20.0 Å². The van der Waals surface area contributed by atoms with E-state index >= 15 is 0 Å². The number of nitrogens with one attached hydrogen (secondary N) is 1. The Hall–Kier alpha value is -4.43. The van der Waals surface area contributed by atoms with Crippen molar-refractivity contribution >= 4 is 27.5 Å². The molecule has 0 heterocycles. The first-order valence-corrected chi connectivity index (χ1v) is 15.8. The standard InChI is InChI=1S/C35H39N3O4S/c1-26(2)29-19-21-31(22-20-29)38(43(41,42)32-17-9-6-10-18-32)25-34(39)37(24-30-16-12-11-13-27(30)3)33(35(40)36-4)23-28-14-7-5-8-15-28/h5-22,26,33H,23-25H2,1-4H3,(H,36,40)/t33-/m1/s1. The van der Waals surface area contributed by atoms with Crippen molar-refractivity contribution in [2.24, 2.45) is 0 Å². The molecule has 4 aromatic rings. The maximum absolute atomic E-state index is 14.4. The van der Waals surface area contributed by atoms with Crippen LogP contribution in [-0.4, -0.2) is 44.8 Å². The Kier molecular flexibility index (Phi) is 10.4. The Labute approximate surface area is 255 Å². The zero-order chi connectivity index (χ0) is 31.0. The molecule has 0 unspecified atom stereocenters. The van der Waals surface area contributed by atoms with Crippen LogP contribution in [0.2, 0.25) is 0 Å². The van der Waals surface area contributed by atoms with Gasteiger partial charge in [-0.2, -0.15) is 0 Å². The molecule has 1 atom stereocenters. The molecule has 4 rings (SSSR count). The Balaban J connectivity index is 1.79. The minimum atomic E-state index is -4.12. The summed E-state index contributed by atoms with van der Waals surface area (Å²) in [4.78, 5) is 29.3. The van der Waals surface area contributed by atoms with E-state index in [-0.39, 0.29) is 29.7 Å². The summed E-state index contributed by atoms with van der Waals surface area (Å²) in [5, 5.41) is 2.71. The molecule has 7 nitrogen and oxygen atoms in total. The zero-order valence-corrected chi connectivity index (χ0v) is 25.9. The molecule has 0 radical (unpaired) electrons. The van der Waals surface area contributed by atoms with Gasteiger partial charge in [0.15, 0.2) is 0 Å². The lowest BCUT2D eigenvalue weighted by atomic mass is 10.0. The van der Waals surface area contributed by atoms with E-state index in [4.69, 9.17) is 0 Å². The van der Waals surface area contributed by atoms with Crippen LogP contribution in [0.15, 0.2) is 114 Å². The average Bonchev–Trinajstić information content (AvgIpc) is 3.02. The lowest BCUT2D eigenvalue weighted by Crippen LogP contribution is -2.53. The first kappa shape index (κ1) is 31.5. The van der Waals surface area contributed by atoms with Crippen LogP contribution in [0.4, 0.5) is 5.69 Å². The number of aryl methyl sites for hydroxylation is 1. The second-order valence-electron chi connectivity index (χ2n) is 10.8. The molecule has 0 aromatic heterocycles. The first-order valence-electron chi connectivity index (χ1n) is 14.4. The van der Waals surface area contributed by atoms with Crippen molar-refractivity contribution in [3.63, 3.8) is 0 Å². The van der Waals surface area contributed by atoms with Crippen LogP contribution in [0, 0.1) is 6.92 Å². The van der Waals surface area contributed by atoms with Crippen molar-refractivity contribution in [1.29, 1.82) is 0 Å². The Morgan fingerprint density at radius 2 is 1.37 bits per heavy atom. The van der Waals surface area contributed by atoms with Gasteiger partial charge in [0.25, 0.3) is 10.0 Å². The maximum atomic E-state index is 14.4. The molecule has 1 N–H and O–H groups in total. The number of sulfonamides is 1. The third-order valence-electron chi connectivity index (χ3n) is 7.58. The molecule has 224 valence electrons. The average molecular weight is 598 g/mol. The fourth-order valence-corrected chi connectivity index (χ4v) is 6.40. The van der Waals surface area contributed by atoms with Crippen molar-refractivity contribution < 1.29 is 18.0 Å². The largest absolute Gasteiger partial charge is 0.357 e. The molecule has 0 saturated carbocycles. The molecule has 0 aliphatic carbocycles. The van der Waals surface area contributed by atoms with Crippen LogP contribution < -0.4 is 9.62 Å². The molecule has 43 heavy (non-hydrogen) atoms. The summed E-state index contributed by atoms with van der Waals surface area (Å²) in [6, 6.07) is 31.6. The number of carbonyl (C=O) groups excluding carboxylic acids is 2. The second kappa shape index (κ2) is 14.2. The van der Waals surface area contributed by atoms with E-state index < -0.39 is 28.5 Å². The highest BCUT2D eigenvalue weighted by atomic mass is 32.2. The summed E-state index contributed by atoms with van der Waals surface area (Å²) < 4.78 is 29.2. The van der Waals surface area contributed by atoms with Crippen molar-refractivity contribution in [2.45, 2.75) is 50.6 Å². The van der Waals surface area contributed by atoms with Crippen molar-refractivity contribution in [1.82, 2.24) is 10.2 Å². The molecule has 0 aliphatic rings. The van der Waals surface area contributed by atoms with Crippen molar-refractivity contribution in [2.75, 3.05) is 17.9 Å². The van der Waals surface area contributed by atoms with Crippen LogP contribution in [0.3, 0.4) is 0 Å². The summed E-state index contributed by atoms with van der Waals surface area (Å²) in [5.74, 6) is -0.560. The fourth-order valence-electron chi connectivity index (χ4n) is 4.97. The topological polar surface area (TPSA) is 86.8 Å². The molecule has 4 aromatic carbocycles. The highest BCUT2D eigenvalue weighted by Gasteiger charge is 2.34. The molecule has 8 heteroatoms. The van der Waals surface area contributed by atoms with Crippen LogP contribution in [0.25, 0.3) is 0 Å². The highest BCUT2D eigenvalue weighted by molar-refractivity contribution is 7.92. The zero-order valence-electron chi connectivity index (χ0n) is 25.1. The number of hydrogen-bond acceptors (Lipinski definition) is 4. The number of anilines is 1. The molecule has 0 saturated heterocycles. The maximum Gasteiger partial charge on any atom is 0.264 e. The van der Waals surface area contributed by atoms with Gasteiger partial charge >= 0.3 is 0 Å². The predicted octanol–water partition coefficient (Wildman–Crippen LogP) is 5.70. The van der Waals surface area contributed by atoms with Crippen molar-refractivity contribution in [3.05, 3.63) is 131 Å². The van der Waals surface area contributed by atoms with E-state index in [9.17, 15) is 18.0 Å². The Bertz CT molecular complexity index is 1620. The van der Waals surface area contributed by atoms with Gasteiger partial charge in [0.1, 0.15) is 12.6 Å². The normalized spacial score (nSPS) is 12.0. The second-order valence-corrected chi connectivity index (χ2v) is 12.7. The third kappa shape index (κ3) is 7.70. The summed E-state index contributed by atoms with van der Waals surface area (Å²) in [7, 11) is -2.58. The van der Waals surface area contributed by atoms with Crippen LogP contribution in [0.5, 0.6) is 0 Å². The number of carbonyl (C=O) groups is 2. The summed E-state index contributed by atoms with van der Waals surface area (Å²) >= 11 is 0. The summed E-state index contributed by atoms with van der Waals surface area (Å²) in [5.41, 5.74) is 4.15. The van der Waals surface area contributed by atoms with E-state index in [0.717, 1.165) is 26.6 Å². The molecular weight excluding hydrogens is 558 g/mol. The van der Waals surface area contributed by atoms with Gasteiger partial charge < -0.3 is 10.2 Å². The monoisotopic (exact) mass is 597 g/mol. The minimum absolute atomic E-state index is 0.0772. The molecule has 0 bridgehead atoms. The van der Waals surface area contributed by atoms with E-state index in [1.165, 1.54) is 17.0 Å². The molecule has 0 spiro atoms. The van der Waals surface area contributed by atoms with Gasteiger partial charge in [-0.1, -0.05) is 98.8 Å². The van der Waals surface area contributed by atoms with E-state index in [1.54, 1.807) is 37.4 Å². The van der Waals surface area contributed by atoms with Gasteiger partial charge in [-0.05, 0) is 59.4 Å². The van der Waals surface area contributed by atoms with E-state index in [2.05, 4.69) is 19.2 Å². The SMILES string of the molecule is CNC(=O)[C@@H](Cc1ccccc1)N(Cc1ccccc1C)C(=O)CN(c1ccc(C(C)C)cc1)S(=O)(=O)c1ccccc1. The number of nitrogens with zero attached hydrogens (tertiary/aromatic N) is 2. The minimum Gasteiger partial charge on any atom is -0.357 e. The third-order valence-corrected chi connectivity index (χ3v) is 9.37. The molecule has 2 amide bonds. The smallest absolute Gasteiger partial charge is 0.264 e. The molecule has 0 aliphatic heterocycles. The predicted molar refractivity (Wildman–Crippen MR) is 171 cm³/mol. The number of hydrogen-bond donors (Lipinski definition) is 1. The fraction of sp³-hybridized carbons (Fsp3) is 0.257. The van der Waals surface area contributed by atoms with Crippen LogP contribution in [-0.2, 0) is 32.6 Å². The number of rotatable bonds is 12. The van der Waals surface area contributed by atoms with Gasteiger partial charge in [-0.25, -0.2) is 8.42 Å². The Morgan fingerprint density at radius 3 is 1.95 bits per heavy atom. The molecule has 0 fully saturated rings. The number of benzene rings is 4. The van der Waals surface area contributed by atoms with E-state index in [0.29, 0.717) is 5.69 Å². The van der Waals surface area contributed by atoms with Gasteiger partial charge in [-0.3, -0.25) is 13.9 Å². The van der Waals surface area contributed by atoms with Crippen LogP contribution in [0.1, 0.15) is 42.0 Å². The summed E-state index contributed by atoms with van der Waals surface area (Å²) in [6.45, 7) is 5.74. The number of amides is 2. The highest BCUT2D eigenvalue weighted by Crippen LogP contribution is 2.27. The summed E-state index contributed by atoms with van der Waals surface area (Å²) in [6.07, 6.45) is 0.270. The lowest BCUT2D eigenvalue weighted by Gasteiger charge is -2.34. The van der Waals surface area contributed by atoms with Crippen molar-refractivity contribution in [3.8, 4) is 0 Å². The van der Waals surface area contributed by atoms with Crippen LogP contribution >= 0.6 is 0 Å². The number of likely N-dealkylation sites (N-methyl/N-ethyl adjacent to an activating group) is 1. The van der Waals surface area contributed by atoms with Gasteiger partial charge in [-0.15, -0.1) is 0 Å². The van der Waals surface area contributed by atoms with Gasteiger partial charge in [0.2, 0.25) is 11.8 Å². The van der Waals surface area contributed by atoms with E-state index in [1.807, 2.05) is 73.7 Å². The molecular formula is C35H39N3O4S. The Morgan fingerprint density at radius 1 is 0.791 bits per heavy atom.